The molecule has 0 saturated heterocycles. The molecule has 1 amide bonds. The second-order valence-electron chi connectivity index (χ2n) is 5.78. The van der Waals surface area contributed by atoms with Crippen molar-refractivity contribution < 1.29 is 9.63 Å². The second kappa shape index (κ2) is 6.22. The van der Waals surface area contributed by atoms with Gasteiger partial charge < -0.3 is 4.84 Å². The summed E-state index contributed by atoms with van der Waals surface area (Å²) in [5.41, 5.74) is 1.76. The number of hydrogen-bond donors (Lipinski definition) is 0. The van der Waals surface area contributed by atoms with E-state index < -0.39 is 0 Å². The minimum Gasteiger partial charge on any atom is -0.357 e. The highest BCUT2D eigenvalue weighted by Gasteiger charge is 2.27. The first-order chi connectivity index (χ1) is 10.6. The lowest BCUT2D eigenvalue weighted by atomic mass is 10.1. The van der Waals surface area contributed by atoms with Crippen LogP contribution in [0.4, 0.5) is 0 Å². The average molecular weight is 299 g/mol. The average Bonchev–Trinajstić information content (AvgIpc) is 3.17. The van der Waals surface area contributed by atoms with Crippen molar-refractivity contribution in [3.05, 3.63) is 42.1 Å². The predicted molar refractivity (Wildman–Crippen MR) is 83.7 cm³/mol. The quantitative estimate of drug-likeness (QED) is 0.815. The monoisotopic (exact) mass is 299 g/mol. The van der Waals surface area contributed by atoms with Crippen LogP contribution in [0.25, 0.3) is 5.69 Å². The number of para-hydroxylation sites is 1. The van der Waals surface area contributed by atoms with Gasteiger partial charge in [0, 0.05) is 19.0 Å². The molecule has 1 fully saturated rings. The number of amides is 1. The molecule has 0 atom stereocenters. The van der Waals surface area contributed by atoms with Crippen LogP contribution >= 0.6 is 0 Å². The van der Waals surface area contributed by atoms with Gasteiger partial charge in [0.05, 0.1) is 11.4 Å². The highest BCUT2D eigenvalue weighted by atomic mass is 16.7. The van der Waals surface area contributed by atoms with Crippen LogP contribution in [0.5, 0.6) is 5.88 Å². The number of hydroxylamine groups is 2. The Bertz CT molecular complexity index is 645. The van der Waals surface area contributed by atoms with E-state index in [-0.39, 0.29) is 11.8 Å². The highest BCUT2D eigenvalue weighted by Crippen LogP contribution is 2.27. The van der Waals surface area contributed by atoms with Crippen molar-refractivity contribution >= 4 is 5.91 Å². The maximum absolute atomic E-state index is 12.4. The summed E-state index contributed by atoms with van der Waals surface area (Å²) in [5, 5.41) is 5.80. The van der Waals surface area contributed by atoms with Crippen molar-refractivity contribution in [3.63, 3.8) is 0 Å². The summed E-state index contributed by atoms with van der Waals surface area (Å²) >= 11 is 0. The molecule has 0 N–H and O–H groups in total. The fourth-order valence-electron chi connectivity index (χ4n) is 2.91. The molecule has 2 aromatic rings. The van der Waals surface area contributed by atoms with Gasteiger partial charge in [-0.3, -0.25) is 4.79 Å². The first-order valence-corrected chi connectivity index (χ1v) is 7.73. The van der Waals surface area contributed by atoms with E-state index >= 15 is 0 Å². The summed E-state index contributed by atoms with van der Waals surface area (Å²) in [5.74, 6) is 0.702. The van der Waals surface area contributed by atoms with Crippen LogP contribution in [0.1, 0.15) is 31.4 Å². The smallest absolute Gasteiger partial charge is 0.258 e. The van der Waals surface area contributed by atoms with Gasteiger partial charge in [-0.25, -0.2) is 0 Å². The SMILES string of the molecule is Cc1cc(ON(C)C(=O)C2CCCC2)n(-c2ccccc2)n1. The van der Waals surface area contributed by atoms with Gasteiger partial charge in [-0.2, -0.15) is 14.8 Å². The van der Waals surface area contributed by atoms with Crippen LogP contribution in [0.15, 0.2) is 36.4 Å². The molecule has 5 nitrogen and oxygen atoms in total. The molecular formula is C17H21N3O2. The molecule has 0 aliphatic heterocycles. The molecule has 0 spiro atoms. The molecule has 1 aromatic carbocycles. The third-order valence-corrected chi connectivity index (χ3v) is 4.04. The Morgan fingerprint density at radius 2 is 1.95 bits per heavy atom. The maximum Gasteiger partial charge on any atom is 0.258 e. The van der Waals surface area contributed by atoms with E-state index in [9.17, 15) is 4.79 Å². The molecule has 0 unspecified atom stereocenters. The van der Waals surface area contributed by atoms with Gasteiger partial charge in [-0.15, -0.1) is 0 Å². The molecule has 1 aromatic heterocycles. The summed E-state index contributed by atoms with van der Waals surface area (Å²) < 4.78 is 1.72. The first-order valence-electron chi connectivity index (χ1n) is 7.73. The van der Waals surface area contributed by atoms with E-state index in [1.165, 1.54) is 5.06 Å². The predicted octanol–water partition coefficient (Wildman–Crippen LogP) is 3.12. The molecule has 116 valence electrons. The molecule has 1 aliphatic rings. The zero-order valence-corrected chi connectivity index (χ0v) is 13.0. The number of benzene rings is 1. The third kappa shape index (κ3) is 2.98. The Balaban J connectivity index is 1.79. The third-order valence-electron chi connectivity index (χ3n) is 4.04. The van der Waals surface area contributed by atoms with Crippen molar-refractivity contribution in [1.82, 2.24) is 14.8 Å². The van der Waals surface area contributed by atoms with Gasteiger partial charge in [-0.1, -0.05) is 31.0 Å². The molecule has 5 heteroatoms. The van der Waals surface area contributed by atoms with Crippen LogP contribution in [0.2, 0.25) is 0 Å². The van der Waals surface area contributed by atoms with E-state index in [1.54, 1.807) is 11.7 Å². The van der Waals surface area contributed by atoms with E-state index in [2.05, 4.69) is 5.10 Å². The van der Waals surface area contributed by atoms with Gasteiger partial charge >= 0.3 is 0 Å². The Morgan fingerprint density at radius 1 is 1.27 bits per heavy atom. The molecule has 1 saturated carbocycles. The summed E-state index contributed by atoms with van der Waals surface area (Å²) in [4.78, 5) is 18.2. The van der Waals surface area contributed by atoms with Crippen molar-refractivity contribution in [1.29, 1.82) is 0 Å². The Kier molecular flexibility index (Phi) is 4.13. The maximum atomic E-state index is 12.4. The van der Waals surface area contributed by atoms with Gasteiger partial charge in [0.15, 0.2) is 0 Å². The lowest BCUT2D eigenvalue weighted by Gasteiger charge is -2.21. The second-order valence-corrected chi connectivity index (χ2v) is 5.78. The number of aryl methyl sites for hydroxylation is 1. The van der Waals surface area contributed by atoms with Gasteiger partial charge in [0.2, 0.25) is 5.88 Å². The zero-order valence-electron chi connectivity index (χ0n) is 13.0. The fraction of sp³-hybridized carbons (Fsp3) is 0.412. The largest absolute Gasteiger partial charge is 0.357 e. The summed E-state index contributed by atoms with van der Waals surface area (Å²) in [6.45, 7) is 1.91. The molecular weight excluding hydrogens is 278 g/mol. The van der Waals surface area contributed by atoms with Crippen molar-refractivity contribution in [2.24, 2.45) is 5.92 Å². The molecule has 0 bridgehead atoms. The minimum atomic E-state index is 0.0518. The van der Waals surface area contributed by atoms with E-state index in [1.807, 2.05) is 43.3 Å². The fourth-order valence-corrected chi connectivity index (χ4v) is 2.91. The minimum absolute atomic E-state index is 0.0518. The normalized spacial score (nSPS) is 15.0. The molecule has 3 rings (SSSR count). The van der Waals surface area contributed by atoms with Crippen LogP contribution in [0, 0.1) is 12.8 Å². The van der Waals surface area contributed by atoms with Crippen molar-refractivity contribution in [2.75, 3.05) is 7.05 Å². The van der Waals surface area contributed by atoms with Gasteiger partial charge in [0.1, 0.15) is 0 Å². The van der Waals surface area contributed by atoms with Gasteiger partial charge in [0.25, 0.3) is 5.91 Å². The molecule has 1 heterocycles. The summed E-state index contributed by atoms with van der Waals surface area (Å²) in [6.07, 6.45) is 4.18. The standard InChI is InChI=1S/C17H21N3O2/c1-13-12-16(20(18-13)15-10-4-3-5-11-15)22-19(2)17(21)14-8-6-7-9-14/h3-5,10-12,14H,6-9H2,1-2H3. The topological polar surface area (TPSA) is 47.4 Å². The lowest BCUT2D eigenvalue weighted by molar-refractivity contribution is -0.158. The number of rotatable bonds is 4. The highest BCUT2D eigenvalue weighted by molar-refractivity contribution is 5.78. The Hall–Kier alpha value is -2.30. The van der Waals surface area contributed by atoms with Crippen LogP contribution in [-0.4, -0.2) is 27.8 Å². The summed E-state index contributed by atoms with van der Waals surface area (Å²) in [6, 6.07) is 11.6. The van der Waals surface area contributed by atoms with Crippen molar-refractivity contribution in [3.8, 4) is 11.6 Å². The Morgan fingerprint density at radius 3 is 2.64 bits per heavy atom. The van der Waals surface area contributed by atoms with Crippen LogP contribution < -0.4 is 4.84 Å². The number of nitrogens with zero attached hydrogens (tertiary/aromatic N) is 3. The van der Waals surface area contributed by atoms with E-state index in [0.29, 0.717) is 5.88 Å². The van der Waals surface area contributed by atoms with E-state index in [0.717, 1.165) is 37.1 Å². The van der Waals surface area contributed by atoms with Crippen LogP contribution in [-0.2, 0) is 4.79 Å². The summed E-state index contributed by atoms with van der Waals surface area (Å²) in [7, 11) is 1.68. The molecule has 1 aliphatic carbocycles. The number of carbonyl (C=O) groups excluding carboxylic acids is 1. The molecule has 0 radical (unpaired) electrons. The van der Waals surface area contributed by atoms with Gasteiger partial charge in [-0.05, 0) is 31.9 Å². The van der Waals surface area contributed by atoms with Crippen LogP contribution in [0.3, 0.4) is 0 Å². The first kappa shape index (κ1) is 14.6. The lowest BCUT2D eigenvalue weighted by Crippen LogP contribution is -2.35. The number of aromatic nitrogens is 2. The van der Waals surface area contributed by atoms with Crippen molar-refractivity contribution in [2.45, 2.75) is 32.6 Å². The van der Waals surface area contributed by atoms with E-state index in [4.69, 9.17) is 4.84 Å². The Labute approximate surface area is 130 Å². The zero-order chi connectivity index (χ0) is 15.5. The number of carbonyl (C=O) groups is 1. The number of hydrogen-bond acceptors (Lipinski definition) is 3. The molecule has 22 heavy (non-hydrogen) atoms.